The van der Waals surface area contributed by atoms with E-state index >= 15 is 0 Å². The zero-order valence-corrected chi connectivity index (χ0v) is 16.1. The number of hydrogen-bond acceptors (Lipinski definition) is 4. The Labute approximate surface area is 162 Å². The lowest BCUT2D eigenvalue weighted by molar-refractivity contribution is 0.0583. The number of carbonyl (C=O) groups excluding carboxylic acids is 2. The first-order chi connectivity index (χ1) is 12.5. The molecule has 1 saturated heterocycles. The highest BCUT2D eigenvalue weighted by Crippen LogP contribution is 2.27. The van der Waals surface area contributed by atoms with Crippen LogP contribution in [0.25, 0.3) is 0 Å². The first-order valence-electron chi connectivity index (χ1n) is 8.68. The first-order valence-corrected chi connectivity index (χ1v) is 9.94. The molecule has 1 aromatic carbocycles. The van der Waals surface area contributed by atoms with E-state index < -0.39 is 0 Å². The molecule has 0 aliphatic carbocycles. The van der Waals surface area contributed by atoms with Gasteiger partial charge in [-0.2, -0.15) is 0 Å². The van der Waals surface area contributed by atoms with Gasteiger partial charge in [0.2, 0.25) is 0 Å². The van der Waals surface area contributed by atoms with Crippen molar-refractivity contribution in [1.29, 1.82) is 0 Å². The van der Waals surface area contributed by atoms with E-state index in [1.807, 2.05) is 23.3 Å². The molecule has 1 fully saturated rings. The number of carbonyl (C=O) groups is 2. The summed E-state index contributed by atoms with van der Waals surface area (Å²) in [6.45, 7) is 2.63. The lowest BCUT2D eigenvalue weighted by Crippen LogP contribution is -2.51. The minimum atomic E-state index is -0.238. The smallest absolute Gasteiger partial charge is 0.265 e. The SMILES string of the molecule is CC(N)C1CCCCN1C(=O)c1ccc(Cl)c(NC(=O)c2cccs2)c1. The molecule has 7 heteroatoms. The molecule has 3 rings (SSSR count). The van der Waals surface area contributed by atoms with Crippen LogP contribution in [0, 0.1) is 0 Å². The van der Waals surface area contributed by atoms with Gasteiger partial charge in [-0.25, -0.2) is 0 Å². The van der Waals surface area contributed by atoms with Crippen molar-refractivity contribution in [2.24, 2.45) is 5.73 Å². The van der Waals surface area contributed by atoms with E-state index in [4.69, 9.17) is 17.3 Å². The molecule has 1 aliphatic heterocycles. The molecule has 1 aliphatic rings. The zero-order chi connectivity index (χ0) is 18.7. The summed E-state index contributed by atoms with van der Waals surface area (Å²) in [6, 6.07) is 8.49. The maximum absolute atomic E-state index is 13.0. The maximum atomic E-state index is 13.0. The molecule has 0 bridgehead atoms. The van der Waals surface area contributed by atoms with Gasteiger partial charge in [0.25, 0.3) is 11.8 Å². The van der Waals surface area contributed by atoms with E-state index in [1.165, 1.54) is 11.3 Å². The summed E-state index contributed by atoms with van der Waals surface area (Å²) in [6.07, 6.45) is 2.97. The van der Waals surface area contributed by atoms with Gasteiger partial charge < -0.3 is 16.0 Å². The molecular weight excluding hydrogens is 370 g/mol. The third kappa shape index (κ3) is 4.09. The first kappa shape index (κ1) is 18.9. The minimum Gasteiger partial charge on any atom is -0.334 e. The van der Waals surface area contributed by atoms with Crippen molar-refractivity contribution in [3.63, 3.8) is 0 Å². The molecule has 26 heavy (non-hydrogen) atoms. The molecule has 138 valence electrons. The standard InChI is InChI=1S/C19H22ClN3O2S/c1-12(21)16-5-2-3-9-23(16)19(25)13-7-8-14(20)15(11-13)22-18(24)17-6-4-10-26-17/h4,6-8,10-12,16H,2-3,5,9,21H2,1H3,(H,22,24). The van der Waals surface area contributed by atoms with Crippen LogP contribution in [0.4, 0.5) is 5.69 Å². The van der Waals surface area contributed by atoms with Crippen molar-refractivity contribution in [3.8, 4) is 0 Å². The van der Waals surface area contributed by atoms with Gasteiger partial charge >= 0.3 is 0 Å². The van der Waals surface area contributed by atoms with Gasteiger partial charge in [0, 0.05) is 24.2 Å². The predicted octanol–water partition coefficient (Wildman–Crippen LogP) is 4.00. The quantitative estimate of drug-likeness (QED) is 0.827. The molecule has 2 heterocycles. The van der Waals surface area contributed by atoms with E-state index in [0.717, 1.165) is 19.3 Å². The zero-order valence-electron chi connectivity index (χ0n) is 14.6. The Kier molecular flexibility index (Phi) is 5.96. The number of nitrogens with one attached hydrogen (secondary N) is 1. The number of nitrogens with zero attached hydrogens (tertiary/aromatic N) is 1. The molecular formula is C19H22ClN3O2S. The van der Waals surface area contributed by atoms with E-state index in [1.54, 1.807) is 24.3 Å². The second-order valence-corrected chi connectivity index (χ2v) is 7.90. The van der Waals surface area contributed by atoms with Crippen molar-refractivity contribution in [2.45, 2.75) is 38.3 Å². The Morgan fingerprint density at radius 3 is 2.85 bits per heavy atom. The molecule has 0 saturated carbocycles. The number of halogens is 1. The van der Waals surface area contributed by atoms with Crippen LogP contribution < -0.4 is 11.1 Å². The Hall–Kier alpha value is -1.89. The molecule has 2 unspecified atom stereocenters. The van der Waals surface area contributed by atoms with Crippen LogP contribution >= 0.6 is 22.9 Å². The van der Waals surface area contributed by atoms with Crippen LogP contribution in [0.5, 0.6) is 0 Å². The van der Waals surface area contributed by atoms with Crippen LogP contribution in [-0.2, 0) is 0 Å². The van der Waals surface area contributed by atoms with Gasteiger partial charge in [0.15, 0.2) is 0 Å². The average Bonchev–Trinajstić information content (AvgIpc) is 3.17. The fourth-order valence-corrected chi connectivity index (χ4v) is 4.05. The van der Waals surface area contributed by atoms with Gasteiger partial charge in [-0.05, 0) is 55.8 Å². The number of benzene rings is 1. The number of hydrogen-bond donors (Lipinski definition) is 2. The number of nitrogens with two attached hydrogens (primary N) is 1. The number of amides is 2. The Morgan fingerprint density at radius 1 is 1.35 bits per heavy atom. The maximum Gasteiger partial charge on any atom is 0.265 e. The summed E-state index contributed by atoms with van der Waals surface area (Å²) >= 11 is 7.56. The molecule has 1 aromatic heterocycles. The number of thiophene rings is 1. The molecule has 2 amide bonds. The van der Waals surface area contributed by atoms with Crippen molar-refractivity contribution >= 4 is 40.4 Å². The van der Waals surface area contributed by atoms with Gasteiger partial charge in [-0.3, -0.25) is 9.59 Å². The van der Waals surface area contributed by atoms with Crippen molar-refractivity contribution < 1.29 is 9.59 Å². The third-order valence-electron chi connectivity index (χ3n) is 4.62. The molecule has 2 aromatic rings. The van der Waals surface area contributed by atoms with Crippen LogP contribution in [0.2, 0.25) is 5.02 Å². The van der Waals surface area contributed by atoms with Gasteiger partial charge in [0.05, 0.1) is 15.6 Å². The summed E-state index contributed by atoms with van der Waals surface area (Å²) in [5.74, 6) is -0.312. The molecule has 5 nitrogen and oxygen atoms in total. The van der Waals surface area contributed by atoms with Gasteiger partial charge in [-0.1, -0.05) is 17.7 Å². The summed E-state index contributed by atoms with van der Waals surface area (Å²) in [5.41, 5.74) is 7.02. The average molecular weight is 392 g/mol. The lowest BCUT2D eigenvalue weighted by Gasteiger charge is -2.38. The highest BCUT2D eigenvalue weighted by atomic mass is 35.5. The molecule has 0 spiro atoms. The Morgan fingerprint density at radius 2 is 2.15 bits per heavy atom. The number of piperidine rings is 1. The van der Waals surface area contributed by atoms with Crippen LogP contribution in [0.1, 0.15) is 46.2 Å². The number of anilines is 1. The van der Waals surface area contributed by atoms with E-state index in [-0.39, 0.29) is 23.9 Å². The predicted molar refractivity (Wildman–Crippen MR) is 106 cm³/mol. The summed E-state index contributed by atoms with van der Waals surface area (Å²) < 4.78 is 0. The van der Waals surface area contributed by atoms with Crippen molar-refractivity contribution in [3.05, 3.63) is 51.2 Å². The normalized spacial score (nSPS) is 18.4. The molecule has 0 radical (unpaired) electrons. The topological polar surface area (TPSA) is 75.4 Å². The minimum absolute atomic E-state index is 0.0380. The summed E-state index contributed by atoms with van der Waals surface area (Å²) in [4.78, 5) is 27.7. The lowest BCUT2D eigenvalue weighted by atomic mass is 9.96. The van der Waals surface area contributed by atoms with E-state index in [2.05, 4.69) is 5.32 Å². The summed E-state index contributed by atoms with van der Waals surface area (Å²) in [7, 11) is 0. The second-order valence-electron chi connectivity index (χ2n) is 6.55. The Balaban J connectivity index is 1.82. The van der Waals surface area contributed by atoms with Gasteiger partial charge in [-0.15, -0.1) is 11.3 Å². The highest BCUT2D eigenvalue weighted by Gasteiger charge is 2.30. The van der Waals surface area contributed by atoms with Gasteiger partial charge in [0.1, 0.15) is 0 Å². The molecule has 2 atom stereocenters. The van der Waals surface area contributed by atoms with Crippen LogP contribution in [0.3, 0.4) is 0 Å². The van der Waals surface area contributed by atoms with Crippen LogP contribution in [-0.4, -0.2) is 35.3 Å². The number of likely N-dealkylation sites (tertiary alicyclic amines) is 1. The van der Waals surface area contributed by atoms with E-state index in [0.29, 0.717) is 27.7 Å². The summed E-state index contributed by atoms with van der Waals surface area (Å²) in [5, 5.41) is 5.02. The fraction of sp³-hybridized carbons (Fsp3) is 0.368. The fourth-order valence-electron chi connectivity index (χ4n) is 3.27. The van der Waals surface area contributed by atoms with Crippen LogP contribution in [0.15, 0.2) is 35.7 Å². The Bertz CT molecular complexity index is 792. The molecule has 3 N–H and O–H groups in total. The largest absolute Gasteiger partial charge is 0.334 e. The number of rotatable bonds is 4. The van der Waals surface area contributed by atoms with Crippen molar-refractivity contribution in [2.75, 3.05) is 11.9 Å². The highest BCUT2D eigenvalue weighted by molar-refractivity contribution is 7.12. The van der Waals surface area contributed by atoms with E-state index in [9.17, 15) is 9.59 Å². The monoisotopic (exact) mass is 391 g/mol. The second kappa shape index (κ2) is 8.20. The van der Waals surface area contributed by atoms with Crippen molar-refractivity contribution in [1.82, 2.24) is 4.90 Å². The third-order valence-corrected chi connectivity index (χ3v) is 5.82.